The number of carbonyl (C=O) groups is 3. The van der Waals surface area contributed by atoms with Crippen molar-refractivity contribution in [1.82, 2.24) is 25.1 Å². The summed E-state index contributed by atoms with van der Waals surface area (Å²) in [5.41, 5.74) is 3.46. The standard InChI is InChI=1S/C28H35N6O6P/c1-2-3-16-40-28(37)34-12-10-33(11-13-34)27(36)22(9-19-41-38)30-26(35)23-20-24(32-14-17-39-18-15-32)31-25(29-23)21-7-5-4-6-8-21/h4-8,20,22H,2-3,9-18H2,1H3,(H,30,35)/t22-/m0/s1. The van der Waals surface area contributed by atoms with Crippen molar-refractivity contribution in [2.24, 2.45) is 0 Å². The van der Waals surface area contributed by atoms with Crippen molar-refractivity contribution in [2.45, 2.75) is 32.2 Å². The van der Waals surface area contributed by atoms with Crippen LogP contribution in [0.25, 0.3) is 11.4 Å². The van der Waals surface area contributed by atoms with E-state index in [-0.39, 0.29) is 39.0 Å². The van der Waals surface area contributed by atoms with Crippen LogP contribution in [0.15, 0.2) is 36.4 Å². The molecule has 41 heavy (non-hydrogen) atoms. The van der Waals surface area contributed by atoms with Gasteiger partial charge in [0.15, 0.2) is 0 Å². The molecule has 1 N–H and O–H groups in total. The van der Waals surface area contributed by atoms with Gasteiger partial charge in [-0.3, -0.25) is 0 Å². The summed E-state index contributed by atoms with van der Waals surface area (Å²) in [6.07, 6.45) is 1.28. The molecule has 0 spiro atoms. The summed E-state index contributed by atoms with van der Waals surface area (Å²) in [5.74, 6) is 0.0771. The second kappa shape index (κ2) is 15.3. The molecule has 3 amide bonds. The molecular weight excluding hydrogens is 547 g/mol. The number of nitrogens with one attached hydrogen (secondary N) is 1. The second-order valence-corrected chi connectivity index (χ2v) is 10.2. The van der Waals surface area contributed by atoms with Crippen LogP contribution in [-0.4, -0.2) is 103 Å². The van der Waals surface area contributed by atoms with Gasteiger partial charge in [0.1, 0.15) is 0 Å². The van der Waals surface area contributed by atoms with Gasteiger partial charge in [-0.2, -0.15) is 0 Å². The Kier molecular flexibility index (Phi) is 11.3. The molecule has 0 saturated carbocycles. The molecule has 13 heteroatoms. The third kappa shape index (κ3) is 8.39. The van der Waals surface area contributed by atoms with Gasteiger partial charge in [0.2, 0.25) is 0 Å². The average Bonchev–Trinajstić information content (AvgIpc) is 3.03. The van der Waals surface area contributed by atoms with E-state index >= 15 is 0 Å². The summed E-state index contributed by atoms with van der Waals surface area (Å²) in [6, 6.07) is 9.95. The van der Waals surface area contributed by atoms with Crippen LogP contribution in [0.3, 0.4) is 0 Å². The van der Waals surface area contributed by atoms with Gasteiger partial charge in [0.25, 0.3) is 0 Å². The second-order valence-electron chi connectivity index (χ2n) is 9.66. The van der Waals surface area contributed by atoms with Crippen molar-refractivity contribution in [3.8, 4) is 17.0 Å². The van der Waals surface area contributed by atoms with Gasteiger partial charge in [-0.15, -0.1) is 0 Å². The van der Waals surface area contributed by atoms with Crippen molar-refractivity contribution in [2.75, 3.05) is 64.0 Å². The Bertz CT molecular complexity index is 1310. The van der Waals surface area contributed by atoms with Gasteiger partial charge in [0, 0.05) is 0 Å². The molecule has 4 rings (SSSR count). The number of amides is 3. The van der Waals surface area contributed by atoms with E-state index in [4.69, 9.17) is 14.5 Å². The van der Waals surface area contributed by atoms with Crippen molar-refractivity contribution in [3.63, 3.8) is 0 Å². The SMILES string of the molecule is CCCCOC(=O)N1CCN(C(=O)[C@H](CC#P=O)NC(=O)c2cc(N3CCOCC3)nc(-c3ccccc3)n2)CC1. The number of hydrogen-bond donors (Lipinski definition) is 1. The molecule has 1 atom stereocenters. The predicted octanol–water partition coefficient (Wildman–Crippen LogP) is 2.80. The van der Waals surface area contributed by atoms with E-state index in [9.17, 15) is 18.9 Å². The number of unbranched alkanes of at least 4 members (excludes halogenated alkanes) is 1. The molecule has 2 saturated heterocycles. The van der Waals surface area contributed by atoms with E-state index in [1.807, 2.05) is 42.2 Å². The van der Waals surface area contributed by atoms with Crippen LogP contribution < -0.4 is 10.2 Å². The molecule has 2 aliphatic rings. The van der Waals surface area contributed by atoms with Gasteiger partial charge in [-0.05, 0) is 0 Å². The number of benzene rings is 1. The molecule has 2 fully saturated rings. The van der Waals surface area contributed by atoms with Crippen LogP contribution in [0.4, 0.5) is 10.6 Å². The number of morpholine rings is 1. The molecule has 1 aromatic carbocycles. The van der Waals surface area contributed by atoms with Gasteiger partial charge in [0.05, 0.1) is 0 Å². The van der Waals surface area contributed by atoms with Gasteiger partial charge in [-0.25, -0.2) is 0 Å². The minimum absolute atomic E-state index is 0.0537. The third-order valence-electron chi connectivity index (χ3n) is 6.85. The van der Waals surface area contributed by atoms with Crippen LogP contribution >= 0.6 is 7.92 Å². The molecule has 3 heterocycles. The number of piperazine rings is 1. The summed E-state index contributed by atoms with van der Waals surface area (Å²) >= 11 is 0. The van der Waals surface area contributed by atoms with Crippen molar-refractivity contribution < 1.29 is 28.4 Å². The molecule has 0 bridgehead atoms. The maximum atomic E-state index is 13.5. The van der Waals surface area contributed by atoms with Crippen molar-refractivity contribution in [3.05, 3.63) is 42.1 Å². The van der Waals surface area contributed by atoms with E-state index in [0.29, 0.717) is 57.6 Å². The molecule has 2 aliphatic heterocycles. The number of nitrogens with zero attached hydrogens (tertiary/aromatic N) is 5. The number of anilines is 1. The topological polar surface area (TPSA) is 134 Å². The van der Waals surface area contributed by atoms with E-state index in [0.717, 1.165) is 18.4 Å². The minimum atomic E-state index is -1.01. The fourth-order valence-electron chi connectivity index (χ4n) is 4.51. The number of ether oxygens (including phenoxy) is 2. The molecule has 0 radical (unpaired) electrons. The van der Waals surface area contributed by atoms with E-state index in [1.165, 1.54) is 0 Å². The average molecular weight is 583 g/mol. The van der Waals surface area contributed by atoms with E-state index < -0.39 is 18.0 Å². The van der Waals surface area contributed by atoms with Crippen LogP contribution in [0.5, 0.6) is 0 Å². The Morgan fingerprint density at radius 2 is 1.76 bits per heavy atom. The number of hydrogen-bond acceptors (Lipinski definition) is 9. The fraction of sp³-hybridized carbons (Fsp3) is 0.500. The van der Waals surface area contributed by atoms with Gasteiger partial charge < -0.3 is 0 Å². The number of aromatic nitrogens is 2. The van der Waals surface area contributed by atoms with Crippen LogP contribution in [0.2, 0.25) is 0 Å². The molecule has 2 aromatic rings. The Balaban J connectivity index is 1.49. The third-order valence-corrected chi connectivity index (χ3v) is 7.16. The zero-order chi connectivity index (χ0) is 29.0. The van der Waals surface area contributed by atoms with Crippen molar-refractivity contribution in [1.29, 1.82) is 0 Å². The predicted molar refractivity (Wildman–Crippen MR) is 152 cm³/mol. The first-order chi connectivity index (χ1) is 20.0. The molecule has 12 nitrogen and oxygen atoms in total. The van der Waals surface area contributed by atoms with Gasteiger partial charge in [-0.1, -0.05) is 13.3 Å². The quantitative estimate of drug-likeness (QED) is 0.350. The van der Waals surface area contributed by atoms with Crippen LogP contribution in [-0.2, 0) is 18.8 Å². The fourth-order valence-corrected chi connectivity index (χ4v) is 4.76. The Labute approximate surface area is 240 Å². The summed E-state index contributed by atoms with van der Waals surface area (Å²) in [7, 11) is -0.366. The monoisotopic (exact) mass is 582 g/mol. The van der Waals surface area contributed by atoms with E-state index in [2.05, 4.69) is 15.9 Å². The molecule has 218 valence electrons. The Morgan fingerprint density at radius 3 is 2.44 bits per heavy atom. The Morgan fingerprint density at radius 1 is 1.05 bits per heavy atom. The molecule has 1 aromatic heterocycles. The first-order valence-electron chi connectivity index (χ1n) is 13.8. The van der Waals surface area contributed by atoms with Crippen LogP contribution in [0, 0.1) is 5.63 Å². The summed E-state index contributed by atoms with van der Waals surface area (Å²) in [4.78, 5) is 53.6. The van der Waals surface area contributed by atoms with Crippen molar-refractivity contribution >= 4 is 31.6 Å². The normalized spacial score (nSPS) is 16.0. The molecular formula is C28H35N6O6P. The molecule has 0 unspecified atom stereocenters. The summed E-state index contributed by atoms with van der Waals surface area (Å²) < 4.78 is 21.9. The van der Waals surface area contributed by atoms with Gasteiger partial charge >= 0.3 is 227 Å². The summed E-state index contributed by atoms with van der Waals surface area (Å²) in [6.45, 7) is 5.94. The van der Waals surface area contributed by atoms with E-state index in [1.54, 1.807) is 15.9 Å². The molecule has 0 aliphatic carbocycles. The Hall–Kier alpha value is -3.72. The zero-order valence-electron chi connectivity index (χ0n) is 23.2. The van der Waals surface area contributed by atoms with Crippen LogP contribution in [0.1, 0.15) is 36.7 Å². The number of rotatable bonds is 9. The first-order valence-corrected chi connectivity index (χ1v) is 14.6. The zero-order valence-corrected chi connectivity index (χ0v) is 24.1. The number of carbonyl (C=O) groups excluding carboxylic acids is 3. The maximum absolute atomic E-state index is 13.5. The first kappa shape index (κ1) is 30.2. The summed E-state index contributed by atoms with van der Waals surface area (Å²) in [5, 5.41) is 2.77.